The first-order valence-electron chi connectivity index (χ1n) is 7.36. The summed E-state index contributed by atoms with van der Waals surface area (Å²) in [6.45, 7) is 5.38. The molecule has 20 heavy (non-hydrogen) atoms. The molecule has 1 fully saturated rings. The molecule has 1 atom stereocenters. The van der Waals surface area contributed by atoms with Crippen LogP contribution in [-0.2, 0) is 6.54 Å². The van der Waals surface area contributed by atoms with Crippen LogP contribution in [0.25, 0.3) is 0 Å². The molecule has 1 unspecified atom stereocenters. The van der Waals surface area contributed by atoms with Crippen LogP contribution < -0.4 is 0 Å². The van der Waals surface area contributed by atoms with Gasteiger partial charge in [0.05, 0.1) is 0 Å². The summed E-state index contributed by atoms with van der Waals surface area (Å²) >= 11 is 0. The van der Waals surface area contributed by atoms with E-state index in [0.717, 1.165) is 18.8 Å². The van der Waals surface area contributed by atoms with Crippen molar-refractivity contribution in [1.82, 2.24) is 14.9 Å². The molecule has 0 radical (unpaired) electrons. The third-order valence-electron chi connectivity index (χ3n) is 3.99. The van der Waals surface area contributed by atoms with E-state index in [9.17, 15) is 0 Å². The molecule has 1 aliphatic rings. The number of nitrogens with zero attached hydrogens (tertiary/aromatic N) is 3. The summed E-state index contributed by atoms with van der Waals surface area (Å²) in [4.78, 5) is 11.3. The topological polar surface area (TPSA) is 29.0 Å². The fourth-order valence-electron chi connectivity index (χ4n) is 2.98. The van der Waals surface area contributed by atoms with Crippen molar-refractivity contribution in [2.75, 3.05) is 13.1 Å². The average Bonchev–Trinajstić information content (AvgIpc) is 2.49. The Balaban J connectivity index is 1.67. The van der Waals surface area contributed by atoms with Gasteiger partial charge >= 0.3 is 0 Å². The number of pyridine rings is 2. The Hall–Kier alpha value is -1.74. The van der Waals surface area contributed by atoms with Crippen LogP contribution in [0.15, 0.2) is 42.7 Å². The molecular weight excluding hydrogens is 246 g/mol. The molecule has 0 aromatic carbocycles. The molecule has 3 heteroatoms. The maximum absolute atomic E-state index is 4.70. The van der Waals surface area contributed by atoms with E-state index in [1.165, 1.54) is 30.6 Å². The van der Waals surface area contributed by atoms with Crippen LogP contribution in [0.2, 0.25) is 0 Å². The summed E-state index contributed by atoms with van der Waals surface area (Å²) in [6, 6.07) is 10.6. The molecule has 1 saturated heterocycles. The van der Waals surface area contributed by atoms with E-state index in [4.69, 9.17) is 4.98 Å². The van der Waals surface area contributed by atoms with Gasteiger partial charge in [0.2, 0.25) is 0 Å². The predicted molar refractivity (Wildman–Crippen MR) is 80.5 cm³/mol. The molecular formula is C17H21N3. The second kappa shape index (κ2) is 6.14. The van der Waals surface area contributed by atoms with E-state index in [2.05, 4.69) is 47.1 Å². The molecule has 0 spiro atoms. The number of hydrogen-bond donors (Lipinski definition) is 0. The van der Waals surface area contributed by atoms with Crippen molar-refractivity contribution in [3.05, 3.63) is 59.7 Å². The third-order valence-corrected chi connectivity index (χ3v) is 3.99. The Morgan fingerprint density at radius 1 is 1.20 bits per heavy atom. The fraction of sp³-hybridized carbons (Fsp3) is 0.412. The van der Waals surface area contributed by atoms with E-state index in [1.54, 1.807) is 0 Å². The maximum Gasteiger partial charge on any atom is 0.0450 e. The van der Waals surface area contributed by atoms with Gasteiger partial charge in [0.25, 0.3) is 0 Å². The molecule has 3 heterocycles. The fourth-order valence-corrected chi connectivity index (χ4v) is 2.98. The Labute approximate surface area is 120 Å². The first kappa shape index (κ1) is 13.3. The monoisotopic (exact) mass is 267 g/mol. The summed E-state index contributed by atoms with van der Waals surface area (Å²) in [5.41, 5.74) is 3.72. The number of aryl methyl sites for hydroxylation is 1. The minimum absolute atomic E-state index is 0.575. The number of piperidine rings is 1. The van der Waals surface area contributed by atoms with Gasteiger partial charge in [-0.3, -0.25) is 14.9 Å². The summed E-state index contributed by atoms with van der Waals surface area (Å²) in [5, 5.41) is 0. The predicted octanol–water partition coefficient (Wildman–Crippen LogP) is 3.16. The molecule has 0 amide bonds. The Morgan fingerprint density at radius 3 is 2.85 bits per heavy atom. The van der Waals surface area contributed by atoms with Crippen molar-refractivity contribution in [2.45, 2.75) is 32.2 Å². The zero-order chi connectivity index (χ0) is 13.8. The van der Waals surface area contributed by atoms with Crippen LogP contribution >= 0.6 is 0 Å². The summed E-state index contributed by atoms with van der Waals surface area (Å²) < 4.78 is 0. The molecule has 0 aliphatic carbocycles. The molecule has 3 nitrogen and oxygen atoms in total. The van der Waals surface area contributed by atoms with E-state index in [-0.39, 0.29) is 0 Å². The molecule has 1 aliphatic heterocycles. The standard InChI is InChI=1S/C17H21N3/c1-14-4-2-6-17(19-14)16-5-3-11-20(13-16)12-15-7-9-18-10-8-15/h2,4,6-10,16H,3,5,11-13H2,1H3. The van der Waals surface area contributed by atoms with Crippen molar-refractivity contribution in [1.29, 1.82) is 0 Å². The van der Waals surface area contributed by atoms with Crippen LogP contribution in [-0.4, -0.2) is 28.0 Å². The van der Waals surface area contributed by atoms with Gasteiger partial charge < -0.3 is 0 Å². The highest BCUT2D eigenvalue weighted by Crippen LogP contribution is 2.26. The van der Waals surface area contributed by atoms with Gasteiger partial charge in [-0.1, -0.05) is 6.07 Å². The number of hydrogen-bond acceptors (Lipinski definition) is 3. The average molecular weight is 267 g/mol. The number of rotatable bonds is 3. The van der Waals surface area contributed by atoms with E-state index in [1.807, 2.05) is 12.4 Å². The second-order valence-electron chi connectivity index (χ2n) is 5.63. The highest BCUT2D eigenvalue weighted by Gasteiger charge is 2.22. The lowest BCUT2D eigenvalue weighted by Gasteiger charge is -2.32. The van der Waals surface area contributed by atoms with Gasteiger partial charge in [-0.05, 0) is 56.1 Å². The summed E-state index contributed by atoms with van der Waals surface area (Å²) in [7, 11) is 0. The maximum atomic E-state index is 4.70. The summed E-state index contributed by atoms with van der Waals surface area (Å²) in [5.74, 6) is 0.575. The number of likely N-dealkylation sites (tertiary alicyclic amines) is 1. The van der Waals surface area contributed by atoms with E-state index >= 15 is 0 Å². The quantitative estimate of drug-likeness (QED) is 0.855. The second-order valence-corrected chi connectivity index (χ2v) is 5.63. The number of aromatic nitrogens is 2. The normalized spacial score (nSPS) is 19.9. The lowest BCUT2D eigenvalue weighted by atomic mass is 9.94. The van der Waals surface area contributed by atoms with Gasteiger partial charge in [0, 0.05) is 42.8 Å². The lowest BCUT2D eigenvalue weighted by molar-refractivity contribution is 0.198. The minimum atomic E-state index is 0.575. The Kier molecular flexibility index (Phi) is 4.07. The molecule has 2 aromatic heterocycles. The molecule has 0 saturated carbocycles. The molecule has 2 aromatic rings. The van der Waals surface area contributed by atoms with Crippen molar-refractivity contribution in [3.63, 3.8) is 0 Å². The first-order chi connectivity index (χ1) is 9.81. The van der Waals surface area contributed by atoms with Crippen molar-refractivity contribution >= 4 is 0 Å². The van der Waals surface area contributed by atoms with Crippen LogP contribution in [0, 0.1) is 6.92 Å². The van der Waals surface area contributed by atoms with Gasteiger partial charge in [0.1, 0.15) is 0 Å². The van der Waals surface area contributed by atoms with Crippen molar-refractivity contribution < 1.29 is 0 Å². The summed E-state index contributed by atoms with van der Waals surface area (Å²) in [6.07, 6.45) is 6.26. The van der Waals surface area contributed by atoms with Crippen LogP contribution in [0.5, 0.6) is 0 Å². The Morgan fingerprint density at radius 2 is 2.05 bits per heavy atom. The highest BCUT2D eigenvalue weighted by atomic mass is 15.1. The minimum Gasteiger partial charge on any atom is -0.298 e. The lowest BCUT2D eigenvalue weighted by Crippen LogP contribution is -2.34. The molecule has 0 N–H and O–H groups in total. The largest absolute Gasteiger partial charge is 0.298 e. The molecule has 3 rings (SSSR count). The molecule has 0 bridgehead atoms. The molecule has 104 valence electrons. The van der Waals surface area contributed by atoms with Gasteiger partial charge in [0.15, 0.2) is 0 Å². The van der Waals surface area contributed by atoms with Gasteiger partial charge in [-0.25, -0.2) is 0 Å². The van der Waals surface area contributed by atoms with Crippen LogP contribution in [0.3, 0.4) is 0 Å². The zero-order valence-corrected chi connectivity index (χ0v) is 12.0. The van der Waals surface area contributed by atoms with E-state index < -0.39 is 0 Å². The highest BCUT2D eigenvalue weighted by molar-refractivity contribution is 5.16. The SMILES string of the molecule is Cc1cccc(C2CCCN(Cc3ccncc3)C2)n1. The third kappa shape index (κ3) is 3.23. The van der Waals surface area contributed by atoms with Crippen molar-refractivity contribution in [2.24, 2.45) is 0 Å². The van der Waals surface area contributed by atoms with Crippen LogP contribution in [0.4, 0.5) is 0 Å². The first-order valence-corrected chi connectivity index (χ1v) is 7.36. The van der Waals surface area contributed by atoms with Crippen LogP contribution in [0.1, 0.15) is 35.7 Å². The Bertz CT molecular complexity index is 553. The van der Waals surface area contributed by atoms with Gasteiger partial charge in [-0.2, -0.15) is 0 Å². The zero-order valence-electron chi connectivity index (χ0n) is 12.0. The van der Waals surface area contributed by atoms with Gasteiger partial charge in [-0.15, -0.1) is 0 Å². The smallest absolute Gasteiger partial charge is 0.0450 e. The van der Waals surface area contributed by atoms with E-state index in [0.29, 0.717) is 5.92 Å². The van der Waals surface area contributed by atoms with Crippen molar-refractivity contribution in [3.8, 4) is 0 Å².